The van der Waals surface area contributed by atoms with Crippen LogP contribution in [0, 0.1) is 17.8 Å². The van der Waals surface area contributed by atoms with Gasteiger partial charge in [-0.2, -0.15) is 0 Å². The number of carbonyl (C=O) groups is 2. The molecule has 1 aromatic rings. The Morgan fingerprint density at radius 2 is 1.59 bits per heavy atom. The summed E-state index contributed by atoms with van der Waals surface area (Å²) in [6, 6.07) is 7.95. The number of hydrogen-bond acceptors (Lipinski definition) is 5. The van der Waals surface area contributed by atoms with Gasteiger partial charge in [0.25, 0.3) is 5.91 Å². The topological polar surface area (TPSA) is 102 Å². The monoisotopic (exact) mass is 420 g/mol. The quantitative estimate of drug-likeness (QED) is 0.626. The summed E-state index contributed by atoms with van der Waals surface area (Å²) in [5.74, 6) is 1.32. The zero-order chi connectivity index (χ0) is 20.5. The van der Waals surface area contributed by atoms with Crippen molar-refractivity contribution in [2.75, 3.05) is 13.2 Å². The first kappa shape index (κ1) is 20.3. The molecule has 0 heterocycles. The van der Waals surface area contributed by atoms with E-state index in [1.54, 1.807) is 18.2 Å². The molecule has 0 aromatic heterocycles. The summed E-state index contributed by atoms with van der Waals surface area (Å²) in [6.45, 7) is -0.390. The van der Waals surface area contributed by atoms with E-state index in [0.29, 0.717) is 0 Å². The molecule has 7 nitrogen and oxygen atoms in total. The van der Waals surface area contributed by atoms with Gasteiger partial charge in [-0.15, -0.1) is 0 Å². The van der Waals surface area contributed by atoms with E-state index in [0.717, 1.165) is 37.0 Å². The van der Waals surface area contributed by atoms with E-state index in [-0.39, 0.29) is 35.9 Å². The maximum Gasteiger partial charge on any atom is 0.307 e. The number of amides is 1. The summed E-state index contributed by atoms with van der Waals surface area (Å²) in [5.41, 5.74) is -0.108. The molecule has 8 heteroatoms. The number of benzene rings is 1. The van der Waals surface area contributed by atoms with Crippen molar-refractivity contribution in [3.8, 4) is 0 Å². The molecule has 0 spiro atoms. The van der Waals surface area contributed by atoms with Crippen LogP contribution in [0.5, 0.6) is 0 Å². The molecular formula is C21H28N2O5S. The number of carbonyl (C=O) groups excluding carboxylic acids is 2. The molecule has 0 unspecified atom stereocenters. The molecular weight excluding hydrogens is 392 g/mol. The molecule has 0 atom stereocenters. The molecule has 0 radical (unpaired) electrons. The maximum absolute atomic E-state index is 12.4. The molecule has 4 saturated carbocycles. The van der Waals surface area contributed by atoms with Crippen molar-refractivity contribution < 1.29 is 22.7 Å². The van der Waals surface area contributed by atoms with Gasteiger partial charge in [0, 0.05) is 12.1 Å². The highest BCUT2D eigenvalue weighted by Crippen LogP contribution is 2.55. The van der Waals surface area contributed by atoms with E-state index >= 15 is 0 Å². The first-order valence-electron chi connectivity index (χ1n) is 10.3. The Morgan fingerprint density at radius 3 is 2.17 bits per heavy atom. The molecule has 4 aliphatic carbocycles. The lowest BCUT2D eigenvalue weighted by atomic mass is 9.53. The first-order valence-corrected chi connectivity index (χ1v) is 11.8. The van der Waals surface area contributed by atoms with Gasteiger partial charge in [0.2, 0.25) is 10.0 Å². The summed E-state index contributed by atoms with van der Waals surface area (Å²) in [7, 11) is -3.65. The fourth-order valence-electron chi connectivity index (χ4n) is 5.78. The fourth-order valence-corrected chi connectivity index (χ4v) is 6.84. The van der Waals surface area contributed by atoms with Crippen molar-refractivity contribution in [1.82, 2.24) is 10.0 Å². The Morgan fingerprint density at radius 1 is 1.00 bits per heavy atom. The normalized spacial score (nSPS) is 30.1. The molecule has 4 bridgehead atoms. The third kappa shape index (κ3) is 4.80. The molecule has 4 fully saturated rings. The Kier molecular flexibility index (Phi) is 5.66. The lowest BCUT2D eigenvalue weighted by Gasteiger charge is -2.56. The van der Waals surface area contributed by atoms with E-state index in [9.17, 15) is 18.0 Å². The average Bonchev–Trinajstić information content (AvgIpc) is 2.65. The number of rotatable bonds is 8. The van der Waals surface area contributed by atoms with Crippen LogP contribution in [0.15, 0.2) is 35.2 Å². The van der Waals surface area contributed by atoms with Crippen molar-refractivity contribution in [3.63, 3.8) is 0 Å². The lowest BCUT2D eigenvalue weighted by Crippen LogP contribution is -2.60. The van der Waals surface area contributed by atoms with Crippen LogP contribution in [0.2, 0.25) is 0 Å². The van der Waals surface area contributed by atoms with Crippen molar-refractivity contribution >= 4 is 21.9 Å². The second-order valence-electron chi connectivity index (χ2n) is 8.87. The van der Waals surface area contributed by atoms with Gasteiger partial charge in [-0.1, -0.05) is 18.2 Å². The zero-order valence-electron chi connectivity index (χ0n) is 16.4. The molecule has 1 amide bonds. The van der Waals surface area contributed by atoms with E-state index in [2.05, 4.69) is 10.0 Å². The van der Waals surface area contributed by atoms with Crippen LogP contribution in [0.1, 0.15) is 44.9 Å². The Bertz CT molecular complexity index is 833. The van der Waals surface area contributed by atoms with Crippen LogP contribution in [0.3, 0.4) is 0 Å². The first-order chi connectivity index (χ1) is 13.8. The van der Waals surface area contributed by atoms with Gasteiger partial charge >= 0.3 is 5.97 Å². The summed E-state index contributed by atoms with van der Waals surface area (Å²) in [5, 5.41) is 3.15. The third-order valence-electron chi connectivity index (χ3n) is 6.48. The molecule has 0 aliphatic heterocycles. The highest BCUT2D eigenvalue weighted by molar-refractivity contribution is 7.89. The molecule has 5 rings (SSSR count). The number of nitrogens with one attached hydrogen (secondary N) is 2. The zero-order valence-corrected chi connectivity index (χ0v) is 17.2. The highest BCUT2D eigenvalue weighted by atomic mass is 32.2. The number of sulfonamides is 1. The van der Waals surface area contributed by atoms with E-state index in [1.807, 2.05) is 0 Å². The summed E-state index contributed by atoms with van der Waals surface area (Å²) in [4.78, 5) is 24.4. The number of ether oxygens (including phenoxy) is 1. The third-order valence-corrected chi connectivity index (χ3v) is 7.96. The van der Waals surface area contributed by atoms with Gasteiger partial charge in [0.1, 0.15) is 0 Å². The largest absolute Gasteiger partial charge is 0.456 e. The molecule has 1 aromatic carbocycles. The average molecular weight is 421 g/mol. The SMILES string of the molecule is O=C(COC(=O)CCNS(=O)(=O)c1ccccc1)NC12CC3CC(CC(C3)C1)C2. The lowest BCUT2D eigenvalue weighted by molar-refractivity contribution is -0.150. The minimum Gasteiger partial charge on any atom is -0.456 e. The summed E-state index contributed by atoms with van der Waals surface area (Å²) < 4.78 is 31.6. The van der Waals surface area contributed by atoms with Crippen LogP contribution < -0.4 is 10.0 Å². The maximum atomic E-state index is 12.4. The molecule has 2 N–H and O–H groups in total. The van der Waals surface area contributed by atoms with E-state index < -0.39 is 16.0 Å². The van der Waals surface area contributed by atoms with Crippen LogP contribution in [0.4, 0.5) is 0 Å². The Balaban J connectivity index is 1.19. The number of esters is 1. The molecule has 0 saturated heterocycles. The predicted molar refractivity (Wildman–Crippen MR) is 106 cm³/mol. The number of hydrogen-bond donors (Lipinski definition) is 2. The van der Waals surface area contributed by atoms with Gasteiger partial charge < -0.3 is 10.1 Å². The standard InChI is InChI=1S/C21H28N2O5S/c24-19(23-21-11-15-8-16(12-21)10-17(9-15)13-21)14-28-20(25)6-7-22-29(26,27)18-4-2-1-3-5-18/h1-5,15-17,22H,6-14H2,(H,23,24). The van der Waals surface area contributed by atoms with Crippen molar-refractivity contribution in [2.45, 2.75) is 55.4 Å². The molecule has 158 valence electrons. The van der Waals surface area contributed by atoms with Gasteiger partial charge in [-0.05, 0) is 68.4 Å². The van der Waals surface area contributed by atoms with Crippen molar-refractivity contribution in [1.29, 1.82) is 0 Å². The Hall–Kier alpha value is -1.93. The van der Waals surface area contributed by atoms with Crippen LogP contribution >= 0.6 is 0 Å². The summed E-state index contributed by atoms with van der Waals surface area (Å²) in [6.07, 6.45) is 6.88. The highest BCUT2D eigenvalue weighted by Gasteiger charge is 2.51. The van der Waals surface area contributed by atoms with Gasteiger partial charge in [0.15, 0.2) is 6.61 Å². The van der Waals surface area contributed by atoms with Crippen molar-refractivity contribution in [2.24, 2.45) is 17.8 Å². The van der Waals surface area contributed by atoms with Crippen molar-refractivity contribution in [3.05, 3.63) is 30.3 Å². The van der Waals surface area contributed by atoms with E-state index in [1.165, 1.54) is 31.4 Å². The van der Waals surface area contributed by atoms with Crippen LogP contribution in [-0.2, 0) is 24.3 Å². The minimum atomic E-state index is -3.65. The minimum absolute atomic E-state index is 0.0767. The van der Waals surface area contributed by atoms with Gasteiger partial charge in [-0.25, -0.2) is 13.1 Å². The van der Waals surface area contributed by atoms with Gasteiger partial charge in [-0.3, -0.25) is 9.59 Å². The smallest absolute Gasteiger partial charge is 0.307 e. The Labute approximate surface area is 171 Å². The molecule has 29 heavy (non-hydrogen) atoms. The van der Waals surface area contributed by atoms with E-state index in [4.69, 9.17) is 4.74 Å². The second kappa shape index (κ2) is 8.07. The van der Waals surface area contributed by atoms with Gasteiger partial charge in [0.05, 0.1) is 11.3 Å². The predicted octanol–water partition coefficient (Wildman–Crippen LogP) is 1.98. The second-order valence-corrected chi connectivity index (χ2v) is 10.6. The molecule has 4 aliphatic rings. The summed E-state index contributed by atoms with van der Waals surface area (Å²) >= 11 is 0. The fraction of sp³-hybridized carbons (Fsp3) is 0.619. The van der Waals surface area contributed by atoms with Crippen LogP contribution in [0.25, 0.3) is 0 Å². The van der Waals surface area contributed by atoms with Crippen LogP contribution in [-0.4, -0.2) is 39.0 Å².